The molecule has 14 heavy (non-hydrogen) atoms. The molecule has 76 valence electrons. The molecule has 1 aromatic heterocycles. The fourth-order valence-electron chi connectivity index (χ4n) is 0.943. The summed E-state index contributed by atoms with van der Waals surface area (Å²) in [4.78, 5) is 14.0. The van der Waals surface area contributed by atoms with Crippen molar-refractivity contribution < 1.29 is 18.7 Å². The van der Waals surface area contributed by atoms with Crippen LogP contribution in [0.1, 0.15) is 22.5 Å². The second kappa shape index (κ2) is 3.87. The van der Waals surface area contributed by atoms with Gasteiger partial charge in [-0.15, -0.1) is 0 Å². The van der Waals surface area contributed by atoms with Crippen LogP contribution in [0.5, 0.6) is 0 Å². The predicted octanol–water partition coefficient (Wildman–Crippen LogP) is 2.06. The van der Waals surface area contributed by atoms with Crippen molar-refractivity contribution in [3.8, 4) is 0 Å². The highest BCUT2D eigenvalue weighted by Gasteiger charge is 2.23. The number of nitrogens with two attached hydrogens (primary N) is 1. The summed E-state index contributed by atoms with van der Waals surface area (Å²) in [6.45, 7) is 0. The van der Waals surface area contributed by atoms with Crippen LogP contribution >= 0.6 is 15.9 Å². The predicted molar refractivity (Wildman–Crippen MR) is 48.3 cm³/mol. The SMILES string of the molecule is Nc1cc(Br)nc(C(F)F)c1C(=O)O. The molecule has 0 spiro atoms. The van der Waals surface area contributed by atoms with Gasteiger partial charge in [0.25, 0.3) is 6.43 Å². The first-order chi connectivity index (χ1) is 6.43. The third-order valence-electron chi connectivity index (χ3n) is 1.47. The molecule has 0 aromatic carbocycles. The zero-order valence-corrected chi connectivity index (χ0v) is 8.25. The first kappa shape index (κ1) is 10.8. The smallest absolute Gasteiger partial charge is 0.339 e. The van der Waals surface area contributed by atoms with E-state index in [-0.39, 0.29) is 10.3 Å². The maximum absolute atomic E-state index is 12.3. The Kier molecular flexibility index (Phi) is 3.00. The van der Waals surface area contributed by atoms with E-state index in [1.165, 1.54) is 0 Å². The van der Waals surface area contributed by atoms with Gasteiger partial charge in [0, 0.05) is 0 Å². The van der Waals surface area contributed by atoms with Gasteiger partial charge in [0.05, 0.1) is 5.69 Å². The molecule has 0 aliphatic rings. The Morgan fingerprint density at radius 1 is 1.64 bits per heavy atom. The fraction of sp³-hybridized carbons (Fsp3) is 0.143. The van der Waals surface area contributed by atoms with Crippen LogP contribution in [-0.2, 0) is 0 Å². The number of nitrogens with zero attached hydrogens (tertiary/aromatic N) is 1. The van der Waals surface area contributed by atoms with Gasteiger partial charge in [-0.05, 0) is 22.0 Å². The van der Waals surface area contributed by atoms with E-state index in [2.05, 4.69) is 20.9 Å². The largest absolute Gasteiger partial charge is 0.478 e. The zero-order chi connectivity index (χ0) is 10.9. The van der Waals surface area contributed by atoms with Crippen LogP contribution in [0, 0.1) is 0 Å². The maximum atomic E-state index is 12.3. The van der Waals surface area contributed by atoms with Gasteiger partial charge < -0.3 is 10.8 Å². The second-order valence-electron chi connectivity index (χ2n) is 2.40. The van der Waals surface area contributed by atoms with Gasteiger partial charge in [0.1, 0.15) is 15.9 Å². The molecule has 7 heteroatoms. The number of anilines is 1. The minimum absolute atomic E-state index is 0.0790. The maximum Gasteiger partial charge on any atom is 0.339 e. The zero-order valence-electron chi connectivity index (χ0n) is 6.67. The molecule has 0 saturated heterocycles. The molecule has 0 unspecified atom stereocenters. The summed E-state index contributed by atoms with van der Waals surface area (Å²) in [5.74, 6) is -1.52. The van der Waals surface area contributed by atoms with E-state index in [0.717, 1.165) is 6.07 Å². The molecule has 1 aromatic rings. The van der Waals surface area contributed by atoms with Gasteiger partial charge >= 0.3 is 5.97 Å². The lowest BCUT2D eigenvalue weighted by Crippen LogP contribution is -2.09. The van der Waals surface area contributed by atoms with Crippen LogP contribution in [-0.4, -0.2) is 16.1 Å². The molecule has 0 aliphatic carbocycles. The average molecular weight is 267 g/mol. The Bertz CT molecular complexity index is 384. The van der Waals surface area contributed by atoms with Crippen molar-refractivity contribution in [2.24, 2.45) is 0 Å². The van der Waals surface area contributed by atoms with E-state index < -0.39 is 23.7 Å². The molecular formula is C7H5BrF2N2O2. The van der Waals surface area contributed by atoms with Crippen molar-refractivity contribution in [3.05, 3.63) is 21.9 Å². The Morgan fingerprint density at radius 2 is 2.21 bits per heavy atom. The highest BCUT2D eigenvalue weighted by Crippen LogP contribution is 2.27. The summed E-state index contributed by atoms with van der Waals surface area (Å²) in [6.07, 6.45) is -2.97. The van der Waals surface area contributed by atoms with E-state index in [1.807, 2.05) is 0 Å². The summed E-state index contributed by atoms with van der Waals surface area (Å²) in [7, 11) is 0. The topological polar surface area (TPSA) is 76.2 Å². The normalized spacial score (nSPS) is 10.6. The minimum atomic E-state index is -2.97. The summed E-state index contributed by atoms with van der Waals surface area (Å²) < 4.78 is 24.8. The molecule has 0 saturated carbocycles. The van der Waals surface area contributed by atoms with E-state index in [1.54, 1.807) is 0 Å². The number of carboxylic acids is 1. The molecule has 0 bridgehead atoms. The Balaban J connectivity index is 3.44. The number of pyridine rings is 1. The van der Waals surface area contributed by atoms with Gasteiger partial charge in [-0.25, -0.2) is 18.6 Å². The third-order valence-corrected chi connectivity index (χ3v) is 1.87. The molecule has 0 radical (unpaired) electrons. The molecule has 0 fully saturated rings. The summed E-state index contributed by atoms with van der Waals surface area (Å²) >= 11 is 2.85. The van der Waals surface area contributed by atoms with Gasteiger partial charge in [-0.3, -0.25) is 0 Å². The van der Waals surface area contributed by atoms with Crippen LogP contribution in [0.3, 0.4) is 0 Å². The van der Waals surface area contributed by atoms with Gasteiger partial charge in [0.15, 0.2) is 0 Å². The van der Waals surface area contributed by atoms with Crippen molar-refractivity contribution in [1.29, 1.82) is 0 Å². The lowest BCUT2D eigenvalue weighted by molar-refractivity contribution is 0.0683. The molecule has 1 rings (SSSR count). The van der Waals surface area contributed by atoms with Crippen molar-refractivity contribution >= 4 is 27.6 Å². The Morgan fingerprint density at radius 3 is 2.64 bits per heavy atom. The molecule has 4 nitrogen and oxygen atoms in total. The van der Waals surface area contributed by atoms with E-state index in [9.17, 15) is 13.6 Å². The first-order valence-electron chi connectivity index (χ1n) is 3.41. The molecule has 0 atom stereocenters. The van der Waals surface area contributed by atoms with Gasteiger partial charge in [-0.1, -0.05) is 0 Å². The van der Waals surface area contributed by atoms with Crippen molar-refractivity contribution in [2.75, 3.05) is 5.73 Å². The number of aromatic nitrogens is 1. The molecule has 3 N–H and O–H groups in total. The number of rotatable bonds is 2. The number of halogens is 3. The number of aromatic carboxylic acids is 1. The lowest BCUT2D eigenvalue weighted by atomic mass is 10.1. The Hall–Kier alpha value is -1.24. The first-order valence-corrected chi connectivity index (χ1v) is 4.20. The van der Waals surface area contributed by atoms with Gasteiger partial charge in [0.2, 0.25) is 0 Å². The quantitative estimate of drug-likeness (QED) is 0.804. The van der Waals surface area contributed by atoms with Crippen LogP contribution in [0.15, 0.2) is 10.7 Å². The number of hydrogen-bond donors (Lipinski definition) is 2. The second-order valence-corrected chi connectivity index (χ2v) is 3.21. The van der Waals surface area contributed by atoms with E-state index in [0.29, 0.717) is 0 Å². The monoisotopic (exact) mass is 266 g/mol. The fourth-order valence-corrected chi connectivity index (χ4v) is 1.38. The average Bonchev–Trinajstić information content (AvgIpc) is 2.01. The highest BCUT2D eigenvalue weighted by atomic mass is 79.9. The van der Waals surface area contributed by atoms with Crippen molar-refractivity contribution in [1.82, 2.24) is 4.98 Å². The molecule has 0 amide bonds. The Labute approximate surface area is 85.9 Å². The van der Waals surface area contributed by atoms with Crippen LogP contribution in [0.2, 0.25) is 0 Å². The molecule has 0 aliphatic heterocycles. The van der Waals surface area contributed by atoms with Crippen LogP contribution in [0.25, 0.3) is 0 Å². The highest BCUT2D eigenvalue weighted by molar-refractivity contribution is 9.10. The summed E-state index contributed by atoms with van der Waals surface area (Å²) in [5.41, 5.74) is 3.56. The number of carboxylic acid groups (broad SMARTS) is 1. The van der Waals surface area contributed by atoms with Gasteiger partial charge in [-0.2, -0.15) is 0 Å². The lowest BCUT2D eigenvalue weighted by Gasteiger charge is -2.07. The van der Waals surface area contributed by atoms with E-state index >= 15 is 0 Å². The van der Waals surface area contributed by atoms with E-state index in [4.69, 9.17) is 10.8 Å². The van der Waals surface area contributed by atoms with Crippen molar-refractivity contribution in [3.63, 3.8) is 0 Å². The van der Waals surface area contributed by atoms with Crippen LogP contribution < -0.4 is 5.73 Å². The molecular weight excluding hydrogens is 262 g/mol. The minimum Gasteiger partial charge on any atom is -0.478 e. The number of hydrogen-bond acceptors (Lipinski definition) is 3. The number of nitrogen functional groups attached to an aromatic ring is 1. The number of carbonyl (C=O) groups is 1. The van der Waals surface area contributed by atoms with Crippen LogP contribution in [0.4, 0.5) is 14.5 Å². The van der Waals surface area contributed by atoms with Crippen molar-refractivity contribution in [2.45, 2.75) is 6.43 Å². The molecule has 1 heterocycles. The summed E-state index contributed by atoms with van der Waals surface area (Å²) in [5, 5.41) is 8.62. The number of alkyl halides is 2. The standard InChI is InChI=1S/C7H5BrF2N2O2/c8-3-1-2(11)4(7(13)14)5(12-3)6(9)10/h1,6H,(H2,11,12)(H,13,14). The summed E-state index contributed by atoms with van der Waals surface area (Å²) in [6, 6.07) is 1.16. The third kappa shape index (κ3) is 1.98.